The van der Waals surface area contributed by atoms with Crippen molar-refractivity contribution in [3.8, 4) is 0 Å². The number of benzene rings is 2. The van der Waals surface area contributed by atoms with Gasteiger partial charge in [-0.25, -0.2) is 13.2 Å². The SMILES string of the molecule is C=CCN(c1ccccc1)S(=O)(=O)c1cccc(C(=O)OCC(=O)N2CC(C)CC(C)C2)c1. The van der Waals surface area contributed by atoms with Crippen molar-refractivity contribution in [3.63, 3.8) is 0 Å². The van der Waals surface area contributed by atoms with Crippen molar-refractivity contribution in [1.82, 2.24) is 4.90 Å². The molecular weight excluding hydrogens is 440 g/mol. The number of rotatable bonds is 8. The lowest BCUT2D eigenvalue weighted by Crippen LogP contribution is -2.44. The summed E-state index contributed by atoms with van der Waals surface area (Å²) in [5.74, 6) is -0.183. The Morgan fingerprint density at radius 3 is 2.39 bits per heavy atom. The van der Waals surface area contributed by atoms with Crippen molar-refractivity contribution < 1.29 is 22.7 Å². The average Bonchev–Trinajstić information content (AvgIpc) is 2.80. The zero-order valence-electron chi connectivity index (χ0n) is 19.0. The van der Waals surface area contributed by atoms with Gasteiger partial charge in [-0.2, -0.15) is 0 Å². The van der Waals surface area contributed by atoms with E-state index in [1.807, 2.05) is 0 Å². The van der Waals surface area contributed by atoms with Gasteiger partial charge >= 0.3 is 5.97 Å². The van der Waals surface area contributed by atoms with Gasteiger partial charge < -0.3 is 9.64 Å². The summed E-state index contributed by atoms with van der Waals surface area (Å²) < 4.78 is 33.0. The van der Waals surface area contributed by atoms with Gasteiger partial charge in [0.1, 0.15) is 0 Å². The standard InChI is InChI=1S/C25H30N2O5S/c1-4-13-27(22-10-6-5-7-11-22)33(30,31)23-12-8-9-21(15-23)25(29)32-18-24(28)26-16-19(2)14-20(3)17-26/h4-12,15,19-20H,1,13-14,16-18H2,2-3H3. The Hall–Kier alpha value is -3.13. The molecule has 2 aromatic carbocycles. The number of carbonyl (C=O) groups is 2. The lowest BCUT2D eigenvalue weighted by molar-refractivity contribution is -0.137. The van der Waals surface area contributed by atoms with Crippen LogP contribution in [0, 0.1) is 11.8 Å². The largest absolute Gasteiger partial charge is 0.452 e. The van der Waals surface area contributed by atoms with Crippen LogP contribution in [0.4, 0.5) is 5.69 Å². The van der Waals surface area contributed by atoms with Crippen molar-refractivity contribution in [2.45, 2.75) is 25.2 Å². The van der Waals surface area contributed by atoms with Gasteiger partial charge in [-0.1, -0.05) is 44.2 Å². The van der Waals surface area contributed by atoms with Gasteiger partial charge in [0.05, 0.1) is 22.7 Å². The van der Waals surface area contributed by atoms with Crippen molar-refractivity contribution >= 4 is 27.6 Å². The fourth-order valence-corrected chi connectivity index (χ4v) is 5.61. The molecule has 1 aliphatic heterocycles. The van der Waals surface area contributed by atoms with Crippen LogP contribution >= 0.6 is 0 Å². The first-order chi connectivity index (χ1) is 15.7. The first-order valence-electron chi connectivity index (χ1n) is 11.0. The van der Waals surface area contributed by atoms with Crippen LogP contribution in [-0.2, 0) is 19.6 Å². The minimum absolute atomic E-state index is 0.0485. The van der Waals surface area contributed by atoms with Gasteiger partial charge in [0.25, 0.3) is 15.9 Å². The number of piperidine rings is 1. The molecule has 2 unspecified atom stereocenters. The molecule has 1 heterocycles. The summed E-state index contributed by atoms with van der Waals surface area (Å²) in [6.45, 7) is 8.83. The Kier molecular flexibility index (Phi) is 7.92. The van der Waals surface area contributed by atoms with E-state index in [-0.39, 0.29) is 29.5 Å². The highest BCUT2D eigenvalue weighted by Crippen LogP contribution is 2.24. The van der Waals surface area contributed by atoms with E-state index >= 15 is 0 Å². The van der Waals surface area contributed by atoms with Crippen LogP contribution in [0.2, 0.25) is 0 Å². The molecule has 0 bridgehead atoms. The number of para-hydroxylation sites is 1. The Balaban J connectivity index is 1.73. The van der Waals surface area contributed by atoms with Crippen LogP contribution in [0.1, 0.15) is 30.6 Å². The van der Waals surface area contributed by atoms with Crippen LogP contribution in [0.25, 0.3) is 0 Å². The molecule has 1 aliphatic rings. The molecular formula is C25H30N2O5S. The smallest absolute Gasteiger partial charge is 0.338 e. The molecule has 8 heteroatoms. The number of carbonyl (C=O) groups excluding carboxylic acids is 2. The normalized spacial score (nSPS) is 18.4. The van der Waals surface area contributed by atoms with E-state index in [0.717, 1.165) is 6.42 Å². The van der Waals surface area contributed by atoms with Crippen LogP contribution < -0.4 is 4.31 Å². The zero-order valence-corrected chi connectivity index (χ0v) is 19.8. The summed E-state index contributed by atoms with van der Waals surface area (Å²) in [7, 11) is -3.95. The van der Waals surface area contributed by atoms with E-state index in [1.165, 1.54) is 34.6 Å². The lowest BCUT2D eigenvalue weighted by Gasteiger charge is -2.34. The minimum atomic E-state index is -3.95. The number of hydrogen-bond acceptors (Lipinski definition) is 5. The highest BCUT2D eigenvalue weighted by molar-refractivity contribution is 7.92. The Labute approximate surface area is 195 Å². The highest BCUT2D eigenvalue weighted by atomic mass is 32.2. The first-order valence-corrected chi connectivity index (χ1v) is 12.4. The van der Waals surface area contributed by atoms with Crippen molar-refractivity contribution in [3.05, 3.63) is 72.8 Å². The molecule has 0 saturated carbocycles. The van der Waals surface area contributed by atoms with Gasteiger partial charge in [0, 0.05) is 13.1 Å². The fourth-order valence-electron chi connectivity index (χ4n) is 4.13. The number of nitrogens with zero attached hydrogens (tertiary/aromatic N) is 2. The van der Waals surface area contributed by atoms with E-state index in [1.54, 1.807) is 35.2 Å². The van der Waals surface area contributed by atoms with E-state index in [2.05, 4.69) is 20.4 Å². The summed E-state index contributed by atoms with van der Waals surface area (Å²) in [4.78, 5) is 26.8. The maximum atomic E-state index is 13.3. The summed E-state index contributed by atoms with van der Waals surface area (Å²) in [6.07, 6.45) is 2.56. The molecule has 1 saturated heterocycles. The Morgan fingerprint density at radius 1 is 1.09 bits per heavy atom. The predicted octanol–water partition coefficient (Wildman–Crippen LogP) is 3.73. The quantitative estimate of drug-likeness (QED) is 0.434. The number of likely N-dealkylation sites (tertiary alicyclic amines) is 1. The monoisotopic (exact) mass is 470 g/mol. The van der Waals surface area contributed by atoms with Crippen LogP contribution in [0.3, 0.4) is 0 Å². The van der Waals surface area contributed by atoms with Gasteiger partial charge in [0.15, 0.2) is 6.61 Å². The van der Waals surface area contributed by atoms with Gasteiger partial charge in [-0.3, -0.25) is 9.10 Å². The van der Waals surface area contributed by atoms with Crippen LogP contribution in [0.15, 0.2) is 72.1 Å². The van der Waals surface area contributed by atoms with Crippen LogP contribution in [-0.4, -0.2) is 51.4 Å². The first kappa shape index (κ1) is 24.5. The van der Waals surface area contributed by atoms with E-state index in [0.29, 0.717) is 30.6 Å². The molecule has 0 aromatic heterocycles. The number of ether oxygens (including phenoxy) is 1. The molecule has 7 nitrogen and oxygen atoms in total. The van der Waals surface area contributed by atoms with E-state index in [9.17, 15) is 18.0 Å². The molecule has 2 atom stereocenters. The second kappa shape index (κ2) is 10.7. The minimum Gasteiger partial charge on any atom is -0.452 e. The lowest BCUT2D eigenvalue weighted by atomic mass is 9.92. The maximum Gasteiger partial charge on any atom is 0.338 e. The maximum absolute atomic E-state index is 13.3. The van der Waals surface area contributed by atoms with Crippen molar-refractivity contribution in [1.29, 1.82) is 0 Å². The third-order valence-electron chi connectivity index (χ3n) is 5.55. The third-order valence-corrected chi connectivity index (χ3v) is 7.33. The highest BCUT2D eigenvalue weighted by Gasteiger charge is 2.27. The fraction of sp³-hybridized carbons (Fsp3) is 0.360. The van der Waals surface area contributed by atoms with Gasteiger partial charge in [0.2, 0.25) is 0 Å². The molecule has 0 N–H and O–H groups in total. The number of sulfonamides is 1. The molecule has 176 valence electrons. The molecule has 0 radical (unpaired) electrons. The molecule has 1 fully saturated rings. The summed E-state index contributed by atoms with van der Waals surface area (Å²) in [5.41, 5.74) is 0.553. The summed E-state index contributed by atoms with van der Waals surface area (Å²) in [6, 6.07) is 14.3. The molecule has 1 amide bonds. The Bertz CT molecular complexity index is 1090. The second-order valence-corrected chi connectivity index (χ2v) is 10.4. The molecule has 33 heavy (non-hydrogen) atoms. The van der Waals surface area contributed by atoms with E-state index in [4.69, 9.17) is 4.74 Å². The molecule has 0 aliphatic carbocycles. The van der Waals surface area contributed by atoms with Crippen molar-refractivity contribution in [2.75, 3.05) is 30.5 Å². The molecule has 2 aromatic rings. The topological polar surface area (TPSA) is 84.0 Å². The van der Waals surface area contributed by atoms with Crippen molar-refractivity contribution in [2.24, 2.45) is 11.8 Å². The predicted molar refractivity (Wildman–Crippen MR) is 127 cm³/mol. The van der Waals surface area contributed by atoms with Crippen LogP contribution in [0.5, 0.6) is 0 Å². The van der Waals surface area contributed by atoms with E-state index < -0.39 is 16.0 Å². The number of anilines is 1. The number of esters is 1. The van der Waals surface area contributed by atoms with Gasteiger partial charge in [-0.15, -0.1) is 6.58 Å². The molecule has 0 spiro atoms. The third kappa shape index (κ3) is 6.01. The summed E-state index contributed by atoms with van der Waals surface area (Å²) in [5, 5.41) is 0. The second-order valence-electron chi connectivity index (χ2n) is 8.51. The number of hydrogen-bond donors (Lipinski definition) is 0. The number of amides is 1. The van der Waals surface area contributed by atoms with Gasteiger partial charge in [-0.05, 0) is 48.6 Å². The average molecular weight is 471 g/mol. The zero-order chi connectivity index (χ0) is 24.0. The Morgan fingerprint density at radius 2 is 1.76 bits per heavy atom. The molecule has 3 rings (SSSR count). The summed E-state index contributed by atoms with van der Waals surface area (Å²) >= 11 is 0.